The quantitative estimate of drug-likeness (QED) is 0.180. The molecule has 12 rings (SSSR count). The highest BCUT2D eigenvalue weighted by molar-refractivity contribution is 6.11. The summed E-state index contributed by atoms with van der Waals surface area (Å²) < 4.78 is 8.60. The summed E-state index contributed by atoms with van der Waals surface area (Å²) in [7, 11) is 0. The van der Waals surface area contributed by atoms with E-state index in [0.29, 0.717) is 0 Å². The zero-order chi connectivity index (χ0) is 38.2. The Bertz CT molecular complexity index is 3300. The summed E-state index contributed by atoms with van der Waals surface area (Å²) in [6.45, 7) is 9.57. The number of hydrogen-bond donors (Lipinski definition) is 0. The molecule has 1 aliphatic carbocycles. The molecule has 2 aliphatic rings. The molecule has 0 saturated carbocycles. The van der Waals surface area contributed by atoms with Gasteiger partial charge in [-0.2, -0.15) is 0 Å². The molecule has 1 aliphatic heterocycles. The van der Waals surface area contributed by atoms with Crippen LogP contribution in [0.25, 0.3) is 71.7 Å². The Hall–Kier alpha value is -6.84. The second kappa shape index (κ2) is 11.4. The van der Waals surface area contributed by atoms with Crippen molar-refractivity contribution >= 4 is 60.8 Å². The molecule has 0 fully saturated rings. The summed E-state index contributed by atoms with van der Waals surface area (Å²) in [5, 5.41) is 4.75. The zero-order valence-corrected chi connectivity index (χ0v) is 32.5. The summed E-state index contributed by atoms with van der Waals surface area (Å²) in [4.78, 5) is 2.50. The Morgan fingerprint density at radius 2 is 1.05 bits per heavy atom. The van der Waals surface area contributed by atoms with Crippen LogP contribution in [-0.2, 0) is 10.8 Å². The van der Waals surface area contributed by atoms with Crippen LogP contribution in [0.1, 0.15) is 49.9 Å². The molecule has 0 atom stereocenters. The molecule has 3 heterocycles. The van der Waals surface area contributed by atoms with Gasteiger partial charge in [0.1, 0.15) is 11.2 Å². The topological polar surface area (TPSA) is 21.3 Å². The Morgan fingerprint density at radius 3 is 1.93 bits per heavy atom. The Balaban J connectivity index is 1.03. The number of furan rings is 1. The normalized spacial score (nSPS) is 14.9. The highest BCUT2D eigenvalue weighted by Crippen LogP contribution is 2.58. The molecule has 0 unspecified atom stereocenters. The SMILES string of the molecule is CC1(C)c2ccccc2-c2cc3c(cc21)N(c1ccccc1)c1ccc(-c2ccc4c(c2)c2ccccc2n4-c2ccc4oc5ccccc5c4c2)cc1C3(C)C. The summed E-state index contributed by atoms with van der Waals surface area (Å²) in [6, 6.07) is 62.6. The maximum absolute atomic E-state index is 6.20. The predicted octanol–water partition coefficient (Wildman–Crippen LogP) is 14.8. The maximum atomic E-state index is 6.20. The third-order valence-electron chi connectivity index (χ3n) is 13.2. The van der Waals surface area contributed by atoms with Crippen LogP contribution < -0.4 is 4.90 Å². The summed E-state index contributed by atoms with van der Waals surface area (Å²) in [6.07, 6.45) is 0. The summed E-state index contributed by atoms with van der Waals surface area (Å²) in [5.74, 6) is 0. The van der Waals surface area contributed by atoms with Gasteiger partial charge in [0.25, 0.3) is 0 Å². The fourth-order valence-corrected chi connectivity index (χ4v) is 10.2. The van der Waals surface area contributed by atoms with Gasteiger partial charge in [0.15, 0.2) is 0 Å². The largest absolute Gasteiger partial charge is 0.456 e. The van der Waals surface area contributed by atoms with E-state index in [1.165, 1.54) is 83.4 Å². The highest BCUT2D eigenvalue weighted by atomic mass is 16.3. The number of benzene rings is 8. The number of nitrogens with zero attached hydrogens (tertiary/aromatic N) is 2. The Kier molecular flexibility index (Phi) is 6.46. The van der Waals surface area contributed by atoms with Gasteiger partial charge in [-0.25, -0.2) is 0 Å². The number of fused-ring (bicyclic) bond motifs is 11. The van der Waals surface area contributed by atoms with E-state index in [-0.39, 0.29) is 10.8 Å². The first-order chi connectivity index (χ1) is 27.8. The van der Waals surface area contributed by atoms with Gasteiger partial charge in [0.05, 0.1) is 22.4 Å². The van der Waals surface area contributed by atoms with Gasteiger partial charge >= 0.3 is 0 Å². The summed E-state index contributed by atoms with van der Waals surface area (Å²) >= 11 is 0. The van der Waals surface area contributed by atoms with Crippen molar-refractivity contribution in [1.82, 2.24) is 4.57 Å². The van der Waals surface area contributed by atoms with Crippen LogP contribution in [0.2, 0.25) is 0 Å². The predicted molar refractivity (Wildman–Crippen MR) is 238 cm³/mol. The molecule has 0 saturated heterocycles. The second-order valence-corrected chi connectivity index (χ2v) is 17.0. The smallest absolute Gasteiger partial charge is 0.135 e. The van der Waals surface area contributed by atoms with Gasteiger partial charge in [-0.05, 0) is 123 Å². The van der Waals surface area contributed by atoms with Crippen molar-refractivity contribution in [1.29, 1.82) is 0 Å². The molecular weight excluding hydrogens is 693 g/mol. The van der Waals surface area contributed by atoms with Gasteiger partial charge in [0.2, 0.25) is 0 Å². The molecule has 272 valence electrons. The van der Waals surface area contributed by atoms with Crippen molar-refractivity contribution in [2.24, 2.45) is 0 Å². The monoisotopic (exact) mass is 732 g/mol. The fourth-order valence-electron chi connectivity index (χ4n) is 10.2. The lowest BCUT2D eigenvalue weighted by Gasteiger charge is -2.43. The lowest BCUT2D eigenvalue weighted by Crippen LogP contribution is -2.31. The molecule has 2 aromatic heterocycles. The maximum Gasteiger partial charge on any atom is 0.135 e. The van der Waals surface area contributed by atoms with Crippen LogP contribution in [0.4, 0.5) is 17.1 Å². The van der Waals surface area contributed by atoms with Gasteiger partial charge in [-0.3, -0.25) is 0 Å². The minimum Gasteiger partial charge on any atom is -0.456 e. The molecule has 0 spiro atoms. The van der Waals surface area contributed by atoms with E-state index in [0.717, 1.165) is 27.6 Å². The fraction of sp³-hybridized carbons (Fsp3) is 0.111. The van der Waals surface area contributed by atoms with Crippen molar-refractivity contribution in [3.8, 4) is 27.9 Å². The van der Waals surface area contributed by atoms with Crippen LogP contribution >= 0.6 is 0 Å². The van der Waals surface area contributed by atoms with Crippen LogP contribution in [0.3, 0.4) is 0 Å². The molecule has 3 nitrogen and oxygen atoms in total. The van der Waals surface area contributed by atoms with Crippen LogP contribution in [0.15, 0.2) is 174 Å². The highest BCUT2D eigenvalue weighted by Gasteiger charge is 2.42. The number of rotatable bonds is 3. The van der Waals surface area contributed by atoms with Gasteiger partial charge in [0, 0.05) is 43.7 Å². The molecule has 0 amide bonds. The average molecular weight is 733 g/mol. The minimum atomic E-state index is -0.251. The number of hydrogen-bond acceptors (Lipinski definition) is 2. The van der Waals surface area contributed by atoms with Crippen molar-refractivity contribution < 1.29 is 4.42 Å². The first kappa shape index (κ1) is 32.4. The van der Waals surface area contributed by atoms with Crippen LogP contribution in [0, 0.1) is 0 Å². The van der Waals surface area contributed by atoms with E-state index in [9.17, 15) is 0 Å². The number of aromatic nitrogens is 1. The van der Waals surface area contributed by atoms with E-state index >= 15 is 0 Å². The van der Waals surface area contributed by atoms with E-state index < -0.39 is 0 Å². The molecule has 3 heteroatoms. The van der Waals surface area contributed by atoms with Crippen molar-refractivity contribution in [3.05, 3.63) is 192 Å². The molecule has 8 aromatic carbocycles. The van der Waals surface area contributed by atoms with Gasteiger partial charge in [-0.1, -0.05) is 119 Å². The number of anilines is 3. The number of para-hydroxylation sites is 3. The van der Waals surface area contributed by atoms with E-state index in [4.69, 9.17) is 4.42 Å². The van der Waals surface area contributed by atoms with Crippen molar-refractivity contribution in [3.63, 3.8) is 0 Å². The molecule has 0 N–H and O–H groups in total. The zero-order valence-electron chi connectivity index (χ0n) is 32.5. The molecule has 10 aromatic rings. The lowest BCUT2D eigenvalue weighted by atomic mass is 9.71. The van der Waals surface area contributed by atoms with E-state index in [1.807, 2.05) is 12.1 Å². The first-order valence-corrected chi connectivity index (χ1v) is 20.0. The summed E-state index contributed by atoms with van der Waals surface area (Å²) in [5.41, 5.74) is 19.3. The minimum absolute atomic E-state index is 0.0836. The third kappa shape index (κ3) is 4.43. The lowest BCUT2D eigenvalue weighted by molar-refractivity contribution is 0.627. The van der Waals surface area contributed by atoms with Crippen molar-refractivity contribution in [2.75, 3.05) is 4.90 Å². The third-order valence-corrected chi connectivity index (χ3v) is 13.2. The van der Waals surface area contributed by atoms with Crippen molar-refractivity contribution in [2.45, 2.75) is 38.5 Å². The second-order valence-electron chi connectivity index (χ2n) is 17.0. The average Bonchev–Trinajstić information content (AvgIpc) is 3.85. The molecule has 0 radical (unpaired) electrons. The molecule has 57 heavy (non-hydrogen) atoms. The van der Waals surface area contributed by atoms with Gasteiger partial charge in [-0.15, -0.1) is 0 Å². The van der Waals surface area contributed by atoms with Gasteiger partial charge < -0.3 is 13.9 Å². The standard InChI is InChI=1S/C54H40N2O/c1-53(2)43-19-11-8-16-37(43)40-31-46-50(32-44(40)53)55(35-14-6-5-7-15-35)49-26-23-34(29-45(49)54(46,3)4)33-22-25-48-41(28-33)38-17-9-12-20-47(38)56(48)36-24-27-52-42(30-36)39-18-10-13-21-51(39)57-52/h5-32H,1-4H3. The first-order valence-electron chi connectivity index (χ1n) is 20.0. The van der Waals surface area contributed by atoms with Crippen LogP contribution in [0.5, 0.6) is 0 Å². The molecular formula is C54H40N2O. The Labute approximate surface area is 332 Å². The molecule has 0 bridgehead atoms. The van der Waals surface area contributed by atoms with E-state index in [2.05, 4.69) is 195 Å². The van der Waals surface area contributed by atoms with Crippen LogP contribution in [-0.4, -0.2) is 4.57 Å². The van der Waals surface area contributed by atoms with E-state index in [1.54, 1.807) is 0 Å². The Morgan fingerprint density at radius 1 is 0.386 bits per heavy atom.